The van der Waals surface area contributed by atoms with E-state index < -0.39 is 0 Å². The maximum absolute atomic E-state index is 12.9. The van der Waals surface area contributed by atoms with E-state index in [0.29, 0.717) is 12.4 Å². The Bertz CT molecular complexity index is 884. The lowest BCUT2D eigenvalue weighted by Crippen LogP contribution is -2.37. The lowest BCUT2D eigenvalue weighted by molar-refractivity contribution is -0.0346. The zero-order chi connectivity index (χ0) is 18.6. The number of nitrogens with zero attached hydrogens (tertiary/aromatic N) is 4. The minimum atomic E-state index is -0.360. The molecular weight excluding hydrogens is 365 g/mol. The van der Waals surface area contributed by atoms with Crippen molar-refractivity contribution in [2.45, 2.75) is 19.6 Å². The van der Waals surface area contributed by atoms with Crippen molar-refractivity contribution >= 4 is 22.8 Å². The van der Waals surface area contributed by atoms with Gasteiger partial charge in [0.1, 0.15) is 17.7 Å². The van der Waals surface area contributed by atoms with Crippen molar-refractivity contribution in [1.29, 1.82) is 0 Å². The number of ether oxygens (including phenoxy) is 1. The number of halogens is 1. The summed E-state index contributed by atoms with van der Waals surface area (Å²) in [6.07, 6.45) is 4.83. The first-order valence-corrected chi connectivity index (χ1v) is 9.57. The highest BCUT2D eigenvalue weighted by Crippen LogP contribution is 2.24. The van der Waals surface area contributed by atoms with E-state index in [4.69, 9.17) is 4.74 Å². The molecule has 1 aliphatic heterocycles. The molecule has 1 saturated heterocycles. The second-order valence-electron chi connectivity index (χ2n) is 6.40. The molecule has 1 N–H and O–H groups in total. The van der Waals surface area contributed by atoms with Crippen LogP contribution in [0.15, 0.2) is 42.9 Å². The standard InChI is InChI=1S/C19H20FN5OS/c1-13-21-10-16(27-13)11-25-6-7-26-18(12-25)17-4-3-15(9-22-17)24-19-5-2-14(20)8-23-19/h2-5,8-10,18H,6-7,11-12H2,1H3,(H,23,24). The molecule has 6 nitrogen and oxygen atoms in total. The number of nitrogens with one attached hydrogen (secondary N) is 1. The summed E-state index contributed by atoms with van der Waals surface area (Å²) in [4.78, 5) is 16.5. The van der Waals surface area contributed by atoms with E-state index in [1.54, 1.807) is 23.6 Å². The van der Waals surface area contributed by atoms with Gasteiger partial charge in [0, 0.05) is 30.7 Å². The minimum Gasteiger partial charge on any atom is -0.369 e. The summed E-state index contributed by atoms with van der Waals surface area (Å²) in [5, 5.41) is 4.20. The lowest BCUT2D eigenvalue weighted by atomic mass is 10.2. The third-order valence-electron chi connectivity index (χ3n) is 4.32. The first kappa shape index (κ1) is 18.0. The first-order chi connectivity index (χ1) is 13.2. The van der Waals surface area contributed by atoms with Crippen LogP contribution in [0.3, 0.4) is 0 Å². The predicted octanol–water partition coefficient (Wildman–Crippen LogP) is 3.70. The van der Waals surface area contributed by atoms with Crippen LogP contribution in [0.1, 0.15) is 21.7 Å². The predicted molar refractivity (Wildman–Crippen MR) is 103 cm³/mol. The molecule has 0 aromatic carbocycles. The zero-order valence-electron chi connectivity index (χ0n) is 14.9. The van der Waals surface area contributed by atoms with E-state index in [-0.39, 0.29) is 11.9 Å². The molecule has 140 valence electrons. The quantitative estimate of drug-likeness (QED) is 0.723. The van der Waals surface area contributed by atoms with Gasteiger partial charge in [0.15, 0.2) is 0 Å². The van der Waals surface area contributed by atoms with E-state index >= 15 is 0 Å². The normalized spacial score (nSPS) is 17.8. The Kier molecular flexibility index (Phi) is 5.38. The minimum absolute atomic E-state index is 0.0502. The van der Waals surface area contributed by atoms with Gasteiger partial charge in [-0.3, -0.25) is 9.88 Å². The summed E-state index contributed by atoms with van der Waals surface area (Å²) in [5.74, 6) is 0.215. The van der Waals surface area contributed by atoms with Crippen LogP contribution in [0, 0.1) is 12.7 Å². The van der Waals surface area contributed by atoms with Gasteiger partial charge in [-0.25, -0.2) is 14.4 Å². The van der Waals surface area contributed by atoms with Gasteiger partial charge in [-0.2, -0.15) is 0 Å². The Hall–Kier alpha value is -2.42. The summed E-state index contributed by atoms with van der Waals surface area (Å²) in [5.41, 5.74) is 1.70. The maximum atomic E-state index is 12.9. The monoisotopic (exact) mass is 385 g/mol. The van der Waals surface area contributed by atoms with Crippen molar-refractivity contribution < 1.29 is 9.13 Å². The maximum Gasteiger partial charge on any atom is 0.141 e. The largest absolute Gasteiger partial charge is 0.369 e. The molecule has 1 aliphatic rings. The van der Waals surface area contributed by atoms with Crippen LogP contribution in [0.25, 0.3) is 0 Å². The smallest absolute Gasteiger partial charge is 0.141 e. The van der Waals surface area contributed by atoms with Crippen LogP contribution in [0.5, 0.6) is 0 Å². The van der Waals surface area contributed by atoms with Crippen LogP contribution in [0.4, 0.5) is 15.9 Å². The molecule has 3 aromatic rings. The van der Waals surface area contributed by atoms with Crippen molar-refractivity contribution in [3.05, 3.63) is 64.3 Å². The Morgan fingerprint density at radius 2 is 2.11 bits per heavy atom. The number of thiazole rings is 1. The van der Waals surface area contributed by atoms with E-state index in [1.807, 2.05) is 25.3 Å². The van der Waals surface area contributed by atoms with E-state index in [1.165, 1.54) is 17.1 Å². The van der Waals surface area contributed by atoms with Gasteiger partial charge in [-0.1, -0.05) is 0 Å². The summed E-state index contributed by atoms with van der Waals surface area (Å²) in [6, 6.07) is 6.85. The Morgan fingerprint density at radius 1 is 1.19 bits per heavy atom. The highest BCUT2D eigenvalue weighted by atomic mass is 32.1. The van der Waals surface area contributed by atoms with Gasteiger partial charge in [-0.05, 0) is 31.2 Å². The topological polar surface area (TPSA) is 63.2 Å². The van der Waals surface area contributed by atoms with Gasteiger partial charge >= 0.3 is 0 Å². The highest BCUT2D eigenvalue weighted by Gasteiger charge is 2.23. The van der Waals surface area contributed by atoms with Crippen molar-refractivity contribution in [3.8, 4) is 0 Å². The van der Waals surface area contributed by atoms with Crippen molar-refractivity contribution in [2.75, 3.05) is 25.0 Å². The molecule has 27 heavy (non-hydrogen) atoms. The van der Waals surface area contributed by atoms with Crippen molar-refractivity contribution in [2.24, 2.45) is 0 Å². The lowest BCUT2D eigenvalue weighted by Gasteiger charge is -2.32. The SMILES string of the molecule is Cc1ncc(CN2CCOC(c3ccc(Nc4ccc(F)cn4)cn3)C2)s1. The number of hydrogen-bond acceptors (Lipinski definition) is 7. The van der Waals surface area contributed by atoms with Crippen LogP contribution in [-0.4, -0.2) is 39.5 Å². The number of morpholine rings is 1. The fourth-order valence-corrected chi connectivity index (χ4v) is 3.83. The van der Waals surface area contributed by atoms with Gasteiger partial charge in [0.25, 0.3) is 0 Å². The molecule has 0 spiro atoms. The van der Waals surface area contributed by atoms with E-state index in [2.05, 4.69) is 25.2 Å². The molecule has 8 heteroatoms. The molecule has 0 aliphatic carbocycles. The molecule has 1 atom stereocenters. The second kappa shape index (κ2) is 8.08. The molecular formula is C19H20FN5OS. The van der Waals surface area contributed by atoms with Crippen molar-refractivity contribution in [3.63, 3.8) is 0 Å². The highest BCUT2D eigenvalue weighted by molar-refractivity contribution is 7.11. The van der Waals surface area contributed by atoms with E-state index in [0.717, 1.165) is 36.0 Å². The molecule has 1 fully saturated rings. The molecule has 4 heterocycles. The number of anilines is 2. The number of aromatic nitrogens is 3. The first-order valence-electron chi connectivity index (χ1n) is 8.75. The Balaban J connectivity index is 1.38. The van der Waals surface area contributed by atoms with Crippen LogP contribution >= 0.6 is 11.3 Å². The number of hydrogen-bond donors (Lipinski definition) is 1. The Labute approximate surface area is 161 Å². The third kappa shape index (κ3) is 4.65. The van der Waals surface area contributed by atoms with Crippen LogP contribution in [0.2, 0.25) is 0 Å². The van der Waals surface area contributed by atoms with Crippen molar-refractivity contribution in [1.82, 2.24) is 19.9 Å². The average Bonchev–Trinajstić information content (AvgIpc) is 3.09. The van der Waals surface area contributed by atoms with E-state index in [9.17, 15) is 4.39 Å². The summed E-state index contributed by atoms with van der Waals surface area (Å²) in [6.45, 7) is 5.31. The Morgan fingerprint density at radius 3 is 2.81 bits per heavy atom. The molecule has 0 amide bonds. The molecule has 4 rings (SSSR count). The fourth-order valence-electron chi connectivity index (χ4n) is 2.99. The molecule has 0 saturated carbocycles. The van der Waals surface area contributed by atoms with Gasteiger partial charge in [0.2, 0.25) is 0 Å². The van der Waals surface area contributed by atoms with Gasteiger partial charge in [-0.15, -0.1) is 11.3 Å². The molecule has 3 aromatic heterocycles. The van der Waals surface area contributed by atoms with Gasteiger partial charge in [0.05, 0.1) is 35.4 Å². The molecule has 0 radical (unpaired) electrons. The second-order valence-corrected chi connectivity index (χ2v) is 7.72. The van der Waals surface area contributed by atoms with Gasteiger partial charge < -0.3 is 10.1 Å². The zero-order valence-corrected chi connectivity index (χ0v) is 15.7. The summed E-state index contributed by atoms with van der Waals surface area (Å²) < 4.78 is 18.8. The molecule has 0 bridgehead atoms. The number of rotatable bonds is 5. The molecule has 1 unspecified atom stereocenters. The van der Waals surface area contributed by atoms with Crippen LogP contribution in [-0.2, 0) is 11.3 Å². The summed E-state index contributed by atoms with van der Waals surface area (Å²) in [7, 11) is 0. The third-order valence-corrected chi connectivity index (χ3v) is 5.21. The van der Waals surface area contributed by atoms with Crippen LogP contribution < -0.4 is 5.32 Å². The number of pyridine rings is 2. The average molecular weight is 385 g/mol. The fraction of sp³-hybridized carbons (Fsp3) is 0.316. The summed E-state index contributed by atoms with van der Waals surface area (Å²) >= 11 is 1.74. The number of aryl methyl sites for hydroxylation is 1.